The van der Waals surface area contributed by atoms with Crippen molar-refractivity contribution in [1.29, 1.82) is 0 Å². The van der Waals surface area contributed by atoms with Gasteiger partial charge in [-0.05, 0) is 0 Å². The number of aliphatic carboxylic acids is 1. The van der Waals surface area contributed by atoms with Crippen molar-refractivity contribution in [2.75, 3.05) is 12.3 Å². The van der Waals surface area contributed by atoms with Crippen LogP contribution in [0.25, 0.3) is 0 Å². The summed E-state index contributed by atoms with van der Waals surface area (Å²) in [6.07, 6.45) is -2.42. The van der Waals surface area contributed by atoms with E-state index in [1.54, 1.807) is 0 Å². The van der Waals surface area contributed by atoms with E-state index >= 15 is 0 Å². The zero-order chi connectivity index (χ0) is 8.65. The van der Waals surface area contributed by atoms with Crippen molar-refractivity contribution in [3.63, 3.8) is 0 Å². The molecule has 0 saturated carbocycles. The van der Waals surface area contributed by atoms with E-state index in [0.717, 1.165) is 0 Å². The van der Waals surface area contributed by atoms with Crippen molar-refractivity contribution in [1.82, 2.24) is 4.31 Å². The van der Waals surface area contributed by atoms with Gasteiger partial charge in [-0.2, -0.15) is 4.31 Å². The number of hydrogen-bond donors (Lipinski definition) is 1. The summed E-state index contributed by atoms with van der Waals surface area (Å²) < 4.78 is 33.9. The second-order valence-corrected chi connectivity index (χ2v) is 4.14. The molecule has 0 bridgehead atoms. The Hall–Kier alpha value is -0.690. The molecule has 1 rings (SSSR count). The molecular weight excluding hydrogens is 177 g/mol. The first kappa shape index (κ1) is 8.41. The van der Waals surface area contributed by atoms with Crippen LogP contribution in [0.15, 0.2) is 0 Å². The Labute approximate surface area is 62.5 Å². The van der Waals surface area contributed by atoms with Crippen LogP contribution in [-0.2, 0) is 14.8 Å². The van der Waals surface area contributed by atoms with Crippen LogP contribution in [0.4, 0.5) is 4.39 Å². The number of sulfonamides is 1. The van der Waals surface area contributed by atoms with Gasteiger partial charge in [-0.1, -0.05) is 0 Å². The van der Waals surface area contributed by atoms with E-state index in [1.807, 2.05) is 0 Å². The van der Waals surface area contributed by atoms with Crippen molar-refractivity contribution in [2.24, 2.45) is 0 Å². The highest BCUT2D eigenvalue weighted by Crippen LogP contribution is 2.17. The highest BCUT2D eigenvalue weighted by atomic mass is 32.2. The van der Waals surface area contributed by atoms with Gasteiger partial charge >= 0.3 is 5.97 Å². The molecular formula is C4H6FNO4S. The molecule has 0 radical (unpaired) electrons. The van der Waals surface area contributed by atoms with Gasteiger partial charge in [0.1, 0.15) is 0 Å². The van der Waals surface area contributed by atoms with Gasteiger partial charge in [0.2, 0.25) is 10.0 Å². The normalized spacial score (nSPS) is 25.5. The Kier molecular flexibility index (Phi) is 1.85. The summed E-state index contributed by atoms with van der Waals surface area (Å²) in [5.41, 5.74) is 0. The van der Waals surface area contributed by atoms with E-state index in [4.69, 9.17) is 5.11 Å². The van der Waals surface area contributed by atoms with Gasteiger partial charge in [0.15, 0.2) is 0 Å². The minimum absolute atomic E-state index is 0.0458. The first-order chi connectivity index (χ1) is 4.95. The van der Waals surface area contributed by atoms with Crippen LogP contribution in [0.1, 0.15) is 0 Å². The summed E-state index contributed by atoms with van der Waals surface area (Å²) >= 11 is 0. The molecule has 0 aromatic heterocycles. The first-order valence-electron chi connectivity index (χ1n) is 2.81. The molecule has 11 heavy (non-hydrogen) atoms. The monoisotopic (exact) mass is 183 g/mol. The number of rotatable bonds is 2. The number of carboxylic acid groups (broad SMARTS) is 1. The van der Waals surface area contributed by atoms with Gasteiger partial charge in [0, 0.05) is 6.54 Å². The maximum absolute atomic E-state index is 12.4. The molecule has 1 heterocycles. The van der Waals surface area contributed by atoms with Crippen molar-refractivity contribution in [3.8, 4) is 0 Å². The minimum atomic E-state index is -3.59. The largest absolute Gasteiger partial charge is 0.478 e. The molecule has 1 atom stereocenters. The van der Waals surface area contributed by atoms with Crippen LogP contribution >= 0.6 is 0 Å². The predicted molar refractivity (Wildman–Crippen MR) is 33.0 cm³/mol. The lowest BCUT2D eigenvalue weighted by atomic mass is 10.5. The van der Waals surface area contributed by atoms with Gasteiger partial charge < -0.3 is 5.11 Å². The molecule has 0 aromatic rings. The van der Waals surface area contributed by atoms with Gasteiger partial charge in [-0.15, -0.1) is 0 Å². The Morgan fingerprint density at radius 1 is 1.64 bits per heavy atom. The van der Waals surface area contributed by atoms with Crippen LogP contribution in [0.2, 0.25) is 0 Å². The van der Waals surface area contributed by atoms with E-state index < -0.39 is 22.3 Å². The fourth-order valence-corrected chi connectivity index (χ4v) is 1.79. The topological polar surface area (TPSA) is 74.7 Å². The van der Waals surface area contributed by atoms with E-state index in [1.165, 1.54) is 0 Å². The van der Waals surface area contributed by atoms with Gasteiger partial charge in [0.25, 0.3) is 6.30 Å². The smallest absolute Gasteiger partial charge is 0.354 e. The number of halogens is 1. The van der Waals surface area contributed by atoms with Crippen molar-refractivity contribution >= 4 is 16.0 Å². The van der Waals surface area contributed by atoms with Crippen LogP contribution in [0.3, 0.4) is 0 Å². The summed E-state index contributed by atoms with van der Waals surface area (Å²) in [5, 5.41) is 8.07. The van der Waals surface area contributed by atoms with Crippen LogP contribution in [0, 0.1) is 0 Å². The lowest BCUT2D eigenvalue weighted by Crippen LogP contribution is -2.54. The van der Waals surface area contributed by atoms with Crippen molar-refractivity contribution in [3.05, 3.63) is 0 Å². The van der Waals surface area contributed by atoms with E-state index in [-0.39, 0.29) is 12.3 Å². The third-order valence-electron chi connectivity index (χ3n) is 1.38. The Morgan fingerprint density at radius 2 is 2.18 bits per heavy atom. The third kappa shape index (κ3) is 1.33. The second kappa shape index (κ2) is 2.42. The lowest BCUT2D eigenvalue weighted by Gasteiger charge is -2.30. The SMILES string of the molecule is O=C(O)C(F)N1CCS1(=O)=O. The fourth-order valence-electron chi connectivity index (χ4n) is 0.723. The van der Waals surface area contributed by atoms with Gasteiger partial charge in [-0.3, -0.25) is 0 Å². The van der Waals surface area contributed by atoms with E-state index in [0.29, 0.717) is 4.31 Å². The molecule has 1 N–H and O–H groups in total. The summed E-state index contributed by atoms with van der Waals surface area (Å²) in [6, 6.07) is 0. The van der Waals surface area contributed by atoms with Crippen molar-refractivity contribution < 1.29 is 22.7 Å². The lowest BCUT2D eigenvalue weighted by molar-refractivity contribution is -0.147. The highest BCUT2D eigenvalue weighted by molar-refractivity contribution is 7.90. The highest BCUT2D eigenvalue weighted by Gasteiger charge is 2.42. The molecule has 0 aromatic carbocycles. The molecule has 0 amide bonds. The second-order valence-electron chi connectivity index (χ2n) is 2.10. The zero-order valence-corrected chi connectivity index (χ0v) is 6.21. The van der Waals surface area contributed by atoms with Crippen LogP contribution < -0.4 is 0 Å². The number of carboxylic acids is 1. The van der Waals surface area contributed by atoms with Crippen LogP contribution in [0.5, 0.6) is 0 Å². The molecule has 64 valence electrons. The standard InChI is InChI=1S/C4H6FNO4S/c5-3(4(7)8)6-1-2-11(6,9)10/h3H,1-2H2,(H,7,8). The molecule has 5 nitrogen and oxygen atoms in total. The number of hydrogen-bond acceptors (Lipinski definition) is 3. The molecule has 0 aliphatic carbocycles. The fraction of sp³-hybridized carbons (Fsp3) is 0.750. The summed E-state index contributed by atoms with van der Waals surface area (Å²) in [6.45, 7) is -0.0458. The average Bonchev–Trinajstić information content (AvgIpc) is 1.85. The maximum Gasteiger partial charge on any atom is 0.354 e. The number of alkyl halides is 1. The molecule has 1 saturated heterocycles. The Balaban J connectivity index is 2.71. The predicted octanol–water partition coefficient (Wildman–Crippen LogP) is -0.988. The summed E-state index contributed by atoms with van der Waals surface area (Å²) in [4.78, 5) is 9.94. The van der Waals surface area contributed by atoms with E-state index in [9.17, 15) is 17.6 Å². The summed E-state index contributed by atoms with van der Waals surface area (Å²) in [5.74, 6) is -1.94. The minimum Gasteiger partial charge on any atom is -0.478 e. The quantitative estimate of drug-likeness (QED) is 0.558. The summed E-state index contributed by atoms with van der Waals surface area (Å²) in [7, 11) is -3.59. The molecule has 1 aliphatic rings. The number of nitrogens with zero attached hydrogens (tertiary/aromatic N) is 1. The van der Waals surface area contributed by atoms with E-state index in [2.05, 4.69) is 0 Å². The van der Waals surface area contributed by atoms with Crippen LogP contribution in [-0.4, -0.2) is 42.4 Å². The van der Waals surface area contributed by atoms with Gasteiger partial charge in [0.05, 0.1) is 5.75 Å². The first-order valence-corrected chi connectivity index (χ1v) is 4.42. The Morgan fingerprint density at radius 3 is 2.27 bits per heavy atom. The maximum atomic E-state index is 12.4. The third-order valence-corrected chi connectivity index (χ3v) is 3.16. The van der Waals surface area contributed by atoms with Gasteiger partial charge in [-0.25, -0.2) is 17.6 Å². The molecule has 0 spiro atoms. The average molecular weight is 183 g/mol. The zero-order valence-electron chi connectivity index (χ0n) is 5.40. The molecule has 1 unspecified atom stereocenters. The Bertz CT molecular complexity index is 274. The molecule has 1 aliphatic heterocycles. The van der Waals surface area contributed by atoms with Crippen molar-refractivity contribution in [2.45, 2.75) is 6.30 Å². The number of carbonyl (C=O) groups is 1. The molecule has 7 heteroatoms. The molecule has 1 fully saturated rings.